The van der Waals surface area contributed by atoms with Gasteiger partial charge in [-0.3, -0.25) is 0 Å². The third-order valence-electron chi connectivity index (χ3n) is 11.5. The fraction of sp³-hybridized carbons (Fsp3) is 0. The minimum absolute atomic E-state index is 0.817. The Morgan fingerprint density at radius 1 is 0.315 bits per heavy atom. The second-order valence-electron chi connectivity index (χ2n) is 14.3. The molecule has 2 heterocycles. The van der Waals surface area contributed by atoms with Crippen LogP contribution in [0, 0.1) is 0 Å². The lowest BCUT2D eigenvalue weighted by molar-refractivity contribution is 0.619. The third-order valence-corrected chi connectivity index (χ3v) is 11.5. The molecule has 0 bridgehead atoms. The molecule has 54 heavy (non-hydrogen) atoms. The van der Waals surface area contributed by atoms with Crippen LogP contribution in [0.15, 0.2) is 191 Å². The van der Waals surface area contributed by atoms with Gasteiger partial charge in [0.25, 0.3) is 0 Å². The van der Waals surface area contributed by atoms with Gasteiger partial charge >= 0.3 is 0 Å². The monoisotopic (exact) mass is 686 g/mol. The van der Waals surface area contributed by atoms with Crippen molar-refractivity contribution in [2.45, 2.75) is 0 Å². The first-order chi connectivity index (χ1) is 26.8. The second kappa shape index (κ2) is 11.2. The lowest BCUT2D eigenvalue weighted by atomic mass is 9.83. The zero-order chi connectivity index (χ0) is 35.3. The number of rotatable bonds is 3. The normalized spacial score (nSPS) is 12.1. The van der Waals surface area contributed by atoms with Crippen LogP contribution in [0.1, 0.15) is 0 Å². The topological polar surface area (TPSA) is 26.3 Å². The molecule has 0 aliphatic rings. The molecule has 0 spiro atoms. The van der Waals surface area contributed by atoms with Gasteiger partial charge in [-0.15, -0.1) is 0 Å². The Kier molecular flexibility index (Phi) is 6.09. The quantitative estimate of drug-likeness (QED) is 0.137. The number of furan rings is 2. The molecule has 250 valence electrons. The van der Waals surface area contributed by atoms with Crippen LogP contribution < -0.4 is 0 Å². The number of fused-ring (bicyclic) bond motifs is 11. The van der Waals surface area contributed by atoms with E-state index in [9.17, 15) is 0 Å². The molecule has 2 nitrogen and oxygen atoms in total. The van der Waals surface area contributed by atoms with Crippen molar-refractivity contribution < 1.29 is 8.83 Å². The predicted octanol–water partition coefficient (Wildman–Crippen LogP) is 15.1. The van der Waals surface area contributed by atoms with E-state index in [4.69, 9.17) is 8.83 Å². The Morgan fingerprint density at radius 3 is 1.65 bits per heavy atom. The fourth-order valence-corrected chi connectivity index (χ4v) is 9.12. The molecule has 12 aromatic rings. The van der Waals surface area contributed by atoms with E-state index < -0.39 is 0 Å². The average molecular weight is 687 g/mol. The number of hydrogen-bond acceptors (Lipinski definition) is 2. The van der Waals surface area contributed by atoms with Gasteiger partial charge in [0.05, 0.1) is 11.6 Å². The van der Waals surface area contributed by atoms with Crippen LogP contribution in [0.2, 0.25) is 0 Å². The van der Waals surface area contributed by atoms with Crippen molar-refractivity contribution in [2.24, 2.45) is 0 Å². The first kappa shape index (κ1) is 29.4. The molecule has 0 unspecified atom stereocenters. The standard InChI is InChI=1S/C52H30O2/c1-2-13-32-28-34(25-24-31(32)12-1)46-30-53-52-42(46)26-27-47-50(52)44-23-11-22-43(51(44)54-47)48-38-18-7-9-20-40(38)49(41-21-10-8-19-39(41)48)45-29-33-14-3-4-15-35(33)36-16-5-6-17-37(36)45/h1-30H. The van der Waals surface area contributed by atoms with Gasteiger partial charge in [0.15, 0.2) is 0 Å². The molecule has 12 rings (SSSR count). The predicted molar refractivity (Wildman–Crippen MR) is 227 cm³/mol. The highest BCUT2D eigenvalue weighted by atomic mass is 16.3. The molecule has 0 saturated heterocycles. The highest BCUT2D eigenvalue weighted by Crippen LogP contribution is 2.49. The third kappa shape index (κ3) is 4.11. The van der Waals surface area contributed by atoms with Crippen LogP contribution in [0.3, 0.4) is 0 Å². The van der Waals surface area contributed by atoms with Gasteiger partial charge in [-0.05, 0) is 94.8 Å². The summed E-state index contributed by atoms with van der Waals surface area (Å²) < 4.78 is 13.3. The van der Waals surface area contributed by atoms with E-state index >= 15 is 0 Å². The molecule has 0 amide bonds. The summed E-state index contributed by atoms with van der Waals surface area (Å²) >= 11 is 0. The molecule has 2 aromatic heterocycles. The van der Waals surface area contributed by atoms with Gasteiger partial charge < -0.3 is 8.83 Å². The summed E-state index contributed by atoms with van der Waals surface area (Å²) in [6, 6.07) is 63.5. The zero-order valence-corrected chi connectivity index (χ0v) is 29.1. The van der Waals surface area contributed by atoms with E-state index in [2.05, 4.69) is 176 Å². The van der Waals surface area contributed by atoms with Crippen LogP contribution in [0.5, 0.6) is 0 Å². The maximum atomic E-state index is 6.88. The Morgan fingerprint density at radius 2 is 0.907 bits per heavy atom. The Labute approximate surface area is 310 Å². The zero-order valence-electron chi connectivity index (χ0n) is 29.1. The smallest absolute Gasteiger partial charge is 0.146 e. The Balaban J connectivity index is 1.13. The lowest BCUT2D eigenvalue weighted by Gasteiger charge is -2.19. The molecular formula is C52H30O2. The van der Waals surface area contributed by atoms with Gasteiger partial charge in [-0.1, -0.05) is 152 Å². The number of para-hydroxylation sites is 1. The van der Waals surface area contributed by atoms with E-state index in [1.807, 2.05) is 6.26 Å². The van der Waals surface area contributed by atoms with Crippen molar-refractivity contribution in [2.75, 3.05) is 0 Å². The van der Waals surface area contributed by atoms with E-state index in [1.165, 1.54) is 70.6 Å². The highest BCUT2D eigenvalue weighted by Gasteiger charge is 2.23. The lowest BCUT2D eigenvalue weighted by Crippen LogP contribution is -1.92. The maximum Gasteiger partial charge on any atom is 0.146 e. The summed E-state index contributed by atoms with van der Waals surface area (Å²) in [6.07, 6.45) is 1.90. The van der Waals surface area contributed by atoms with E-state index in [1.54, 1.807) is 0 Å². The van der Waals surface area contributed by atoms with Crippen molar-refractivity contribution in [3.05, 3.63) is 182 Å². The molecular weight excluding hydrogens is 657 g/mol. The first-order valence-electron chi connectivity index (χ1n) is 18.5. The Bertz CT molecular complexity index is 3450. The van der Waals surface area contributed by atoms with Crippen LogP contribution >= 0.6 is 0 Å². The first-order valence-corrected chi connectivity index (χ1v) is 18.5. The molecule has 0 atom stereocenters. The van der Waals surface area contributed by atoms with Crippen molar-refractivity contribution >= 4 is 86.8 Å². The van der Waals surface area contributed by atoms with Crippen LogP contribution in [-0.4, -0.2) is 0 Å². The summed E-state index contributed by atoms with van der Waals surface area (Å²) in [5.74, 6) is 0. The molecule has 10 aromatic carbocycles. The summed E-state index contributed by atoms with van der Waals surface area (Å²) in [7, 11) is 0. The van der Waals surface area contributed by atoms with Crippen molar-refractivity contribution in [1.29, 1.82) is 0 Å². The molecule has 0 aliphatic carbocycles. The van der Waals surface area contributed by atoms with E-state index in [0.717, 1.165) is 49.6 Å². The Hall–Kier alpha value is -7.16. The fourth-order valence-electron chi connectivity index (χ4n) is 9.12. The summed E-state index contributed by atoms with van der Waals surface area (Å²) in [6.45, 7) is 0. The minimum Gasteiger partial charge on any atom is -0.463 e. The summed E-state index contributed by atoms with van der Waals surface area (Å²) in [5, 5.41) is 15.4. The van der Waals surface area contributed by atoms with Crippen LogP contribution in [-0.2, 0) is 0 Å². The average Bonchev–Trinajstić information content (AvgIpc) is 3.84. The van der Waals surface area contributed by atoms with E-state index in [-0.39, 0.29) is 0 Å². The maximum absolute atomic E-state index is 6.88. The summed E-state index contributed by atoms with van der Waals surface area (Å²) in [5.41, 5.74) is 9.48. The SMILES string of the molecule is c1ccc2cc(-c3coc4c3ccc3oc5c(-c6c7ccccc7c(-c7cc8ccccc8c8ccccc78)c7ccccc67)cccc5c34)ccc2c1. The van der Waals surface area contributed by atoms with Crippen molar-refractivity contribution in [3.63, 3.8) is 0 Å². The molecule has 0 radical (unpaired) electrons. The number of benzene rings is 10. The number of hydrogen-bond donors (Lipinski definition) is 0. The second-order valence-corrected chi connectivity index (χ2v) is 14.3. The summed E-state index contributed by atoms with van der Waals surface area (Å²) in [4.78, 5) is 0. The van der Waals surface area contributed by atoms with E-state index in [0.29, 0.717) is 0 Å². The molecule has 0 fully saturated rings. The van der Waals surface area contributed by atoms with Crippen molar-refractivity contribution in [1.82, 2.24) is 0 Å². The van der Waals surface area contributed by atoms with Gasteiger partial charge in [0, 0.05) is 27.5 Å². The van der Waals surface area contributed by atoms with Gasteiger partial charge in [-0.25, -0.2) is 0 Å². The molecule has 0 saturated carbocycles. The molecule has 2 heteroatoms. The largest absolute Gasteiger partial charge is 0.463 e. The van der Waals surface area contributed by atoms with Gasteiger partial charge in [0.2, 0.25) is 0 Å². The van der Waals surface area contributed by atoms with Crippen LogP contribution in [0.25, 0.3) is 120 Å². The van der Waals surface area contributed by atoms with Crippen LogP contribution in [0.4, 0.5) is 0 Å². The van der Waals surface area contributed by atoms with Gasteiger partial charge in [0.1, 0.15) is 16.7 Å². The molecule has 0 N–H and O–H groups in total. The van der Waals surface area contributed by atoms with Crippen molar-refractivity contribution in [3.8, 4) is 33.4 Å². The minimum atomic E-state index is 0.817. The van der Waals surface area contributed by atoms with Gasteiger partial charge in [-0.2, -0.15) is 0 Å². The highest BCUT2D eigenvalue weighted by molar-refractivity contribution is 6.28. The molecule has 0 aliphatic heterocycles.